The van der Waals surface area contributed by atoms with Crippen LogP contribution in [0.15, 0.2) is 30.3 Å². The fraction of sp³-hybridized carbons (Fsp3) is 0.680. The molecule has 3 saturated carbocycles. The normalized spacial score (nSPS) is 43.5. The fourth-order valence-corrected chi connectivity index (χ4v) is 7.29. The van der Waals surface area contributed by atoms with E-state index in [-0.39, 0.29) is 46.8 Å². The molecule has 5 rings (SSSR count). The van der Waals surface area contributed by atoms with Gasteiger partial charge in [0, 0.05) is 10.8 Å². The Bertz CT molecular complexity index is 804. The highest BCUT2D eigenvalue weighted by Gasteiger charge is 2.64. The van der Waals surface area contributed by atoms with Gasteiger partial charge in [-0.3, -0.25) is 4.79 Å². The molecule has 1 aromatic rings. The van der Waals surface area contributed by atoms with E-state index in [0.29, 0.717) is 11.5 Å². The maximum absolute atomic E-state index is 13.1. The number of benzene rings is 1. The number of hydrogen-bond donors (Lipinski definition) is 0. The van der Waals surface area contributed by atoms with Gasteiger partial charge in [0.1, 0.15) is 12.2 Å². The maximum atomic E-state index is 13.1. The molecule has 0 bridgehead atoms. The highest BCUT2D eigenvalue weighted by atomic mass is 16.6. The van der Waals surface area contributed by atoms with Crippen molar-refractivity contribution in [3.05, 3.63) is 35.9 Å². The summed E-state index contributed by atoms with van der Waals surface area (Å²) in [4.78, 5) is 25.8. The number of carbonyl (C=O) groups excluding carboxylic acids is 2. The molecule has 156 valence electrons. The minimum Gasteiger partial charge on any atom is -0.462 e. The number of ether oxygens (including phenoxy) is 2. The molecule has 3 aliphatic carbocycles. The summed E-state index contributed by atoms with van der Waals surface area (Å²) in [7, 11) is 0. The Balaban J connectivity index is 1.39. The Morgan fingerprint density at radius 2 is 1.72 bits per heavy atom. The van der Waals surface area contributed by atoms with Gasteiger partial charge in [0.15, 0.2) is 0 Å². The third-order valence-electron chi connectivity index (χ3n) is 8.99. The first-order valence-electron chi connectivity index (χ1n) is 11.4. The van der Waals surface area contributed by atoms with Gasteiger partial charge in [0.05, 0.1) is 11.5 Å². The molecule has 4 nitrogen and oxygen atoms in total. The predicted molar refractivity (Wildman–Crippen MR) is 109 cm³/mol. The van der Waals surface area contributed by atoms with E-state index < -0.39 is 0 Å². The fourth-order valence-electron chi connectivity index (χ4n) is 7.29. The van der Waals surface area contributed by atoms with Gasteiger partial charge in [-0.1, -0.05) is 38.5 Å². The smallest absolute Gasteiger partial charge is 0.338 e. The van der Waals surface area contributed by atoms with Crippen LogP contribution in [0.3, 0.4) is 0 Å². The number of esters is 2. The predicted octanol–water partition coefficient (Wildman–Crippen LogP) is 5.16. The topological polar surface area (TPSA) is 52.6 Å². The number of hydrogen-bond acceptors (Lipinski definition) is 4. The molecule has 0 N–H and O–H groups in total. The van der Waals surface area contributed by atoms with Gasteiger partial charge in [0.2, 0.25) is 0 Å². The van der Waals surface area contributed by atoms with Crippen LogP contribution in [0.2, 0.25) is 0 Å². The molecular weight excluding hydrogens is 364 g/mol. The van der Waals surface area contributed by atoms with Gasteiger partial charge in [0.25, 0.3) is 0 Å². The van der Waals surface area contributed by atoms with Gasteiger partial charge < -0.3 is 9.47 Å². The van der Waals surface area contributed by atoms with Gasteiger partial charge in [-0.25, -0.2) is 4.79 Å². The van der Waals surface area contributed by atoms with Crippen molar-refractivity contribution < 1.29 is 19.1 Å². The lowest BCUT2D eigenvalue weighted by molar-refractivity contribution is -0.210. The average Bonchev–Trinajstić information content (AvgIpc) is 3.05. The summed E-state index contributed by atoms with van der Waals surface area (Å²) in [6, 6.07) is 9.23. The second kappa shape index (κ2) is 6.85. The van der Waals surface area contributed by atoms with Crippen LogP contribution >= 0.6 is 0 Å². The Hall–Kier alpha value is -1.84. The zero-order valence-corrected chi connectivity index (χ0v) is 17.6. The second-order valence-corrected chi connectivity index (χ2v) is 10.3. The lowest BCUT2D eigenvalue weighted by Crippen LogP contribution is -2.59. The first-order chi connectivity index (χ1) is 13.9. The summed E-state index contributed by atoms with van der Waals surface area (Å²) in [5.41, 5.74) is 0.585. The monoisotopic (exact) mass is 396 g/mol. The van der Waals surface area contributed by atoms with Crippen LogP contribution in [0.5, 0.6) is 0 Å². The van der Waals surface area contributed by atoms with Crippen LogP contribution in [-0.2, 0) is 14.3 Å². The summed E-state index contributed by atoms with van der Waals surface area (Å²) >= 11 is 0. The second-order valence-electron chi connectivity index (χ2n) is 10.3. The first kappa shape index (κ1) is 19.1. The average molecular weight is 397 g/mol. The van der Waals surface area contributed by atoms with Gasteiger partial charge in [-0.05, 0) is 68.9 Å². The summed E-state index contributed by atoms with van der Waals surface area (Å²) in [5, 5.41) is 0. The molecule has 1 heterocycles. The molecule has 4 heteroatoms. The molecule has 1 aliphatic heterocycles. The maximum Gasteiger partial charge on any atom is 0.338 e. The van der Waals surface area contributed by atoms with Crippen LogP contribution in [0, 0.1) is 28.6 Å². The lowest BCUT2D eigenvalue weighted by atomic mass is 9.50. The minimum atomic E-state index is -0.245. The first-order valence-corrected chi connectivity index (χ1v) is 11.4. The molecule has 0 spiro atoms. The van der Waals surface area contributed by atoms with Crippen molar-refractivity contribution in [1.29, 1.82) is 0 Å². The van der Waals surface area contributed by atoms with Crippen molar-refractivity contribution >= 4 is 11.9 Å². The van der Waals surface area contributed by atoms with Crippen LogP contribution in [0.4, 0.5) is 0 Å². The van der Waals surface area contributed by atoms with E-state index in [0.717, 1.165) is 32.1 Å². The Morgan fingerprint density at radius 3 is 2.52 bits per heavy atom. The Labute approximate surface area is 173 Å². The summed E-state index contributed by atoms with van der Waals surface area (Å²) in [6.07, 6.45) is 8.44. The van der Waals surface area contributed by atoms with E-state index in [1.54, 1.807) is 12.1 Å². The molecule has 29 heavy (non-hydrogen) atoms. The summed E-state index contributed by atoms with van der Waals surface area (Å²) in [5.74, 6) is 0.404. The zero-order chi connectivity index (χ0) is 20.2. The molecule has 0 amide bonds. The Kier molecular flexibility index (Phi) is 4.52. The zero-order valence-electron chi connectivity index (χ0n) is 17.6. The van der Waals surface area contributed by atoms with E-state index in [1.165, 1.54) is 19.3 Å². The summed E-state index contributed by atoms with van der Waals surface area (Å²) < 4.78 is 12.1. The van der Waals surface area contributed by atoms with Crippen molar-refractivity contribution in [3.63, 3.8) is 0 Å². The third kappa shape index (κ3) is 2.85. The number of carbonyl (C=O) groups is 2. The molecule has 1 saturated heterocycles. The van der Waals surface area contributed by atoms with Gasteiger partial charge in [-0.2, -0.15) is 0 Å². The van der Waals surface area contributed by atoms with E-state index in [1.807, 2.05) is 18.2 Å². The van der Waals surface area contributed by atoms with Crippen LogP contribution < -0.4 is 0 Å². The summed E-state index contributed by atoms with van der Waals surface area (Å²) in [6.45, 7) is 4.61. The van der Waals surface area contributed by atoms with Crippen molar-refractivity contribution in [1.82, 2.24) is 0 Å². The molecule has 4 fully saturated rings. The van der Waals surface area contributed by atoms with Crippen molar-refractivity contribution in [2.45, 2.75) is 77.4 Å². The van der Waals surface area contributed by atoms with Crippen LogP contribution in [0.25, 0.3) is 0 Å². The number of rotatable bonds is 2. The Morgan fingerprint density at radius 1 is 0.966 bits per heavy atom. The van der Waals surface area contributed by atoms with Crippen molar-refractivity contribution in [2.24, 2.45) is 28.6 Å². The highest BCUT2D eigenvalue weighted by molar-refractivity contribution is 5.89. The van der Waals surface area contributed by atoms with E-state index in [9.17, 15) is 9.59 Å². The molecule has 7 atom stereocenters. The SMILES string of the molecule is C[C@]12CCCC[C@H]1OC(=O)[C@@H]1[C@@H]2CC[C@]2(C)[C@@H](OC(=O)c3ccccc3)CC[C@@H]12. The molecular formula is C25H32O4. The molecule has 0 aromatic heterocycles. The third-order valence-corrected chi connectivity index (χ3v) is 8.99. The minimum absolute atomic E-state index is 0.0188. The molecule has 0 unspecified atom stereocenters. The van der Waals surface area contributed by atoms with E-state index >= 15 is 0 Å². The van der Waals surface area contributed by atoms with Crippen LogP contribution in [-0.4, -0.2) is 24.1 Å². The van der Waals surface area contributed by atoms with Gasteiger partial charge >= 0.3 is 11.9 Å². The molecule has 4 aliphatic rings. The molecule has 0 radical (unpaired) electrons. The van der Waals surface area contributed by atoms with Crippen molar-refractivity contribution in [3.8, 4) is 0 Å². The van der Waals surface area contributed by atoms with Gasteiger partial charge in [-0.15, -0.1) is 0 Å². The van der Waals surface area contributed by atoms with E-state index in [4.69, 9.17) is 9.47 Å². The largest absolute Gasteiger partial charge is 0.462 e. The highest BCUT2D eigenvalue weighted by Crippen LogP contribution is 2.64. The molecule has 1 aromatic carbocycles. The van der Waals surface area contributed by atoms with Crippen LogP contribution in [0.1, 0.15) is 75.6 Å². The lowest BCUT2D eigenvalue weighted by Gasteiger charge is -2.58. The van der Waals surface area contributed by atoms with E-state index in [2.05, 4.69) is 13.8 Å². The van der Waals surface area contributed by atoms with Crippen molar-refractivity contribution in [2.75, 3.05) is 0 Å². The standard InChI is InChI=1S/C25H32O4/c1-24-14-7-6-10-19(24)29-23(27)21-17-11-12-20(25(17,2)15-13-18(21)24)28-22(26)16-8-4-3-5-9-16/h3-5,8-9,17-21H,6-7,10-15H2,1-2H3/t17-,18-,19+,20-,21-,24+,25-/m0/s1. The number of fused-ring (bicyclic) bond motifs is 5. The quantitative estimate of drug-likeness (QED) is 0.648.